The maximum atomic E-state index is 13.4. The highest BCUT2D eigenvalue weighted by molar-refractivity contribution is 6.33. The van der Waals surface area contributed by atoms with Gasteiger partial charge in [0.05, 0.1) is 16.9 Å². The zero-order valence-corrected chi connectivity index (χ0v) is 15.1. The van der Waals surface area contributed by atoms with Crippen LogP contribution in [-0.4, -0.2) is 19.1 Å². The van der Waals surface area contributed by atoms with Gasteiger partial charge in [-0.25, -0.2) is 14.2 Å². The van der Waals surface area contributed by atoms with Gasteiger partial charge in [-0.2, -0.15) is 4.98 Å². The molecule has 26 heavy (non-hydrogen) atoms. The number of nitrogens with one attached hydrogen (secondary N) is 1. The predicted octanol–water partition coefficient (Wildman–Crippen LogP) is 3.86. The number of halogens is 2. The molecule has 3 aromatic rings. The van der Waals surface area contributed by atoms with Gasteiger partial charge in [0.2, 0.25) is 5.95 Å². The third kappa shape index (κ3) is 3.07. The normalized spacial score (nSPS) is 15.0. The third-order valence-corrected chi connectivity index (χ3v) is 5.30. The quantitative estimate of drug-likeness (QED) is 0.752. The number of hydrogen-bond donors (Lipinski definition) is 1. The van der Waals surface area contributed by atoms with Crippen molar-refractivity contribution in [3.05, 3.63) is 45.7 Å². The van der Waals surface area contributed by atoms with E-state index in [1.807, 2.05) is 0 Å². The summed E-state index contributed by atoms with van der Waals surface area (Å²) in [5.74, 6) is 0.383. The molecule has 1 saturated carbocycles. The smallest absolute Gasteiger partial charge is 0.323 e. The van der Waals surface area contributed by atoms with E-state index in [0.717, 1.165) is 12.8 Å². The Kier molecular flexibility index (Phi) is 4.40. The fourth-order valence-corrected chi connectivity index (χ4v) is 3.74. The fraction of sp³-hybridized carbons (Fsp3) is 0.389. The predicted molar refractivity (Wildman–Crippen MR) is 99.4 cm³/mol. The second-order valence-corrected chi connectivity index (χ2v) is 7.16. The van der Waals surface area contributed by atoms with Crippen LogP contribution in [0.5, 0.6) is 0 Å². The molecule has 0 unspecified atom stereocenters. The number of rotatable bonds is 4. The molecule has 1 fully saturated rings. The second kappa shape index (κ2) is 6.72. The van der Waals surface area contributed by atoms with E-state index in [9.17, 15) is 9.18 Å². The summed E-state index contributed by atoms with van der Waals surface area (Å²) in [6, 6.07) is 4.02. The first-order valence-corrected chi connectivity index (χ1v) is 9.05. The SMILES string of the molecule is Cn1c(=O)n(CC2CCCC2)c2cnc(Nc3cc(F)ccc3Cl)nc21. The monoisotopic (exact) mass is 375 g/mol. The van der Waals surface area contributed by atoms with Gasteiger partial charge in [-0.1, -0.05) is 24.4 Å². The fourth-order valence-electron chi connectivity index (χ4n) is 3.58. The molecule has 1 aliphatic carbocycles. The van der Waals surface area contributed by atoms with E-state index in [0.29, 0.717) is 34.3 Å². The molecule has 0 spiro atoms. The van der Waals surface area contributed by atoms with Crippen molar-refractivity contribution >= 4 is 34.4 Å². The van der Waals surface area contributed by atoms with Crippen LogP contribution in [0, 0.1) is 11.7 Å². The molecule has 0 radical (unpaired) electrons. The van der Waals surface area contributed by atoms with E-state index in [4.69, 9.17) is 11.6 Å². The molecule has 1 aliphatic rings. The molecule has 6 nitrogen and oxygen atoms in total. The number of fused-ring (bicyclic) bond motifs is 1. The van der Waals surface area contributed by atoms with Crippen molar-refractivity contribution in [2.24, 2.45) is 13.0 Å². The summed E-state index contributed by atoms with van der Waals surface area (Å²) in [4.78, 5) is 21.3. The average Bonchev–Trinajstić information content (AvgIpc) is 3.22. The van der Waals surface area contributed by atoms with Crippen LogP contribution in [0.4, 0.5) is 16.0 Å². The summed E-state index contributed by atoms with van der Waals surface area (Å²) in [6.07, 6.45) is 6.39. The molecular formula is C18H19ClFN5O. The number of hydrogen-bond acceptors (Lipinski definition) is 4. The van der Waals surface area contributed by atoms with E-state index in [2.05, 4.69) is 15.3 Å². The Labute approximate surface area is 154 Å². The van der Waals surface area contributed by atoms with Gasteiger partial charge in [-0.15, -0.1) is 0 Å². The Hall–Kier alpha value is -2.41. The van der Waals surface area contributed by atoms with Gasteiger partial charge in [-0.3, -0.25) is 9.13 Å². The number of imidazole rings is 1. The highest BCUT2D eigenvalue weighted by Crippen LogP contribution is 2.28. The van der Waals surface area contributed by atoms with Crippen LogP contribution in [0.3, 0.4) is 0 Å². The summed E-state index contributed by atoms with van der Waals surface area (Å²) < 4.78 is 16.7. The van der Waals surface area contributed by atoms with Gasteiger partial charge >= 0.3 is 5.69 Å². The molecular weight excluding hydrogens is 357 g/mol. The first-order chi connectivity index (χ1) is 12.5. The van der Waals surface area contributed by atoms with Gasteiger partial charge < -0.3 is 5.32 Å². The first kappa shape index (κ1) is 17.0. The van der Waals surface area contributed by atoms with E-state index in [1.54, 1.807) is 17.8 Å². The maximum absolute atomic E-state index is 13.4. The van der Waals surface area contributed by atoms with Crippen LogP contribution in [-0.2, 0) is 13.6 Å². The molecule has 1 N–H and O–H groups in total. The van der Waals surface area contributed by atoms with Crippen LogP contribution >= 0.6 is 11.6 Å². The number of anilines is 2. The Bertz CT molecular complexity index is 1020. The van der Waals surface area contributed by atoms with E-state index < -0.39 is 5.82 Å². The van der Waals surface area contributed by atoms with Crippen molar-refractivity contribution in [1.29, 1.82) is 0 Å². The molecule has 1 aromatic carbocycles. The zero-order chi connectivity index (χ0) is 18.3. The third-order valence-electron chi connectivity index (χ3n) is 4.97. The Morgan fingerprint density at radius 3 is 2.88 bits per heavy atom. The first-order valence-electron chi connectivity index (χ1n) is 8.67. The summed E-state index contributed by atoms with van der Waals surface area (Å²) in [5, 5.41) is 3.28. The minimum Gasteiger partial charge on any atom is -0.323 e. The summed E-state index contributed by atoms with van der Waals surface area (Å²) in [5.41, 5.74) is 1.53. The Morgan fingerprint density at radius 2 is 2.12 bits per heavy atom. The van der Waals surface area contributed by atoms with Gasteiger partial charge in [0.25, 0.3) is 0 Å². The molecule has 136 valence electrons. The molecule has 0 bridgehead atoms. The lowest BCUT2D eigenvalue weighted by atomic mass is 10.1. The van der Waals surface area contributed by atoms with Crippen molar-refractivity contribution in [3.8, 4) is 0 Å². The van der Waals surface area contributed by atoms with Crippen LogP contribution in [0.15, 0.2) is 29.2 Å². The van der Waals surface area contributed by atoms with Crippen LogP contribution in [0.1, 0.15) is 25.7 Å². The van der Waals surface area contributed by atoms with Crippen molar-refractivity contribution in [1.82, 2.24) is 19.1 Å². The van der Waals surface area contributed by atoms with Crippen molar-refractivity contribution in [3.63, 3.8) is 0 Å². The molecule has 0 saturated heterocycles. The van der Waals surface area contributed by atoms with Gasteiger partial charge in [0.15, 0.2) is 5.65 Å². The van der Waals surface area contributed by atoms with E-state index >= 15 is 0 Å². The Morgan fingerprint density at radius 1 is 1.35 bits per heavy atom. The lowest BCUT2D eigenvalue weighted by Gasteiger charge is -2.10. The largest absolute Gasteiger partial charge is 0.330 e. The Balaban J connectivity index is 1.70. The van der Waals surface area contributed by atoms with E-state index in [-0.39, 0.29) is 11.6 Å². The second-order valence-electron chi connectivity index (χ2n) is 6.75. The molecule has 0 amide bonds. The van der Waals surface area contributed by atoms with Crippen LogP contribution < -0.4 is 11.0 Å². The zero-order valence-electron chi connectivity index (χ0n) is 14.4. The van der Waals surface area contributed by atoms with E-state index in [1.165, 1.54) is 35.6 Å². The van der Waals surface area contributed by atoms with Gasteiger partial charge in [0.1, 0.15) is 11.3 Å². The minimum absolute atomic E-state index is 0.0952. The topological polar surface area (TPSA) is 64.7 Å². The van der Waals surface area contributed by atoms with Gasteiger partial charge in [0, 0.05) is 13.6 Å². The highest BCUT2D eigenvalue weighted by atomic mass is 35.5. The van der Waals surface area contributed by atoms with Crippen molar-refractivity contribution in [2.45, 2.75) is 32.2 Å². The maximum Gasteiger partial charge on any atom is 0.330 e. The van der Waals surface area contributed by atoms with Crippen LogP contribution in [0.25, 0.3) is 11.2 Å². The molecule has 8 heteroatoms. The number of nitrogens with zero attached hydrogens (tertiary/aromatic N) is 4. The standard InChI is InChI=1S/C18H19ClFN5O/c1-24-16-15(25(18(24)26)10-11-4-2-3-5-11)9-21-17(23-16)22-14-8-12(20)6-7-13(14)19/h6-9,11H,2-5,10H2,1H3,(H,21,22,23). The summed E-state index contributed by atoms with van der Waals surface area (Å²) >= 11 is 6.08. The number of benzene rings is 1. The lowest BCUT2D eigenvalue weighted by molar-refractivity contribution is 0.453. The summed E-state index contributed by atoms with van der Waals surface area (Å²) in [6.45, 7) is 0.696. The van der Waals surface area contributed by atoms with Crippen molar-refractivity contribution in [2.75, 3.05) is 5.32 Å². The number of aryl methyl sites for hydroxylation is 1. The van der Waals surface area contributed by atoms with Crippen molar-refractivity contribution < 1.29 is 4.39 Å². The molecule has 2 heterocycles. The highest BCUT2D eigenvalue weighted by Gasteiger charge is 2.20. The minimum atomic E-state index is -0.409. The molecule has 0 aliphatic heterocycles. The van der Waals surface area contributed by atoms with Crippen LogP contribution in [0.2, 0.25) is 5.02 Å². The summed E-state index contributed by atoms with van der Waals surface area (Å²) in [7, 11) is 1.70. The molecule has 4 rings (SSSR count). The number of aromatic nitrogens is 4. The molecule has 2 aromatic heterocycles. The van der Waals surface area contributed by atoms with Gasteiger partial charge in [-0.05, 0) is 37.0 Å². The average molecular weight is 376 g/mol. The lowest BCUT2D eigenvalue weighted by Crippen LogP contribution is -2.24. The molecule has 0 atom stereocenters.